The van der Waals surface area contributed by atoms with Crippen molar-refractivity contribution >= 4 is 17.4 Å². The van der Waals surface area contributed by atoms with Crippen molar-refractivity contribution in [1.82, 2.24) is 4.90 Å². The Balaban J connectivity index is 1.76. The van der Waals surface area contributed by atoms with Gasteiger partial charge in [0.25, 0.3) is 0 Å². The number of benzene rings is 1. The fourth-order valence-corrected chi connectivity index (χ4v) is 4.77. The Morgan fingerprint density at radius 1 is 1.16 bits per heavy atom. The van der Waals surface area contributed by atoms with Gasteiger partial charge in [0, 0.05) is 38.6 Å². The third-order valence-electron chi connectivity index (χ3n) is 6.29. The van der Waals surface area contributed by atoms with Crippen LogP contribution in [0.15, 0.2) is 17.9 Å². The standard InChI is InChI=1S/C25H31NO5/c1-5-6-19-13-17(2)22(18(3)14-19)23-20(27)15-25(16-21(23)28)7-9-26(10-8-25)24(29)31-12-11-30-4/h13-14,27H,7-12,15-16H2,1-4H3. The maximum absolute atomic E-state index is 13.2. The highest BCUT2D eigenvalue weighted by atomic mass is 16.6. The monoisotopic (exact) mass is 425 g/mol. The molecule has 1 aromatic rings. The zero-order chi connectivity index (χ0) is 22.6. The second-order valence-electron chi connectivity index (χ2n) is 8.55. The minimum atomic E-state index is -0.351. The summed E-state index contributed by atoms with van der Waals surface area (Å²) < 4.78 is 10.1. The van der Waals surface area contributed by atoms with Crippen LogP contribution in [0.2, 0.25) is 0 Å². The Labute approximate surface area is 184 Å². The minimum absolute atomic E-state index is 0.0274. The molecule has 166 valence electrons. The molecule has 31 heavy (non-hydrogen) atoms. The van der Waals surface area contributed by atoms with E-state index in [4.69, 9.17) is 9.47 Å². The van der Waals surface area contributed by atoms with Crippen molar-refractivity contribution in [1.29, 1.82) is 0 Å². The number of hydrogen-bond donors (Lipinski definition) is 1. The Morgan fingerprint density at radius 3 is 2.35 bits per heavy atom. The molecule has 2 aliphatic rings. The van der Waals surface area contributed by atoms with Gasteiger partial charge >= 0.3 is 6.09 Å². The molecule has 1 aromatic carbocycles. The topological polar surface area (TPSA) is 76.1 Å². The first-order chi connectivity index (χ1) is 14.8. The fourth-order valence-electron chi connectivity index (χ4n) is 4.77. The Morgan fingerprint density at radius 2 is 1.81 bits per heavy atom. The lowest BCUT2D eigenvalue weighted by molar-refractivity contribution is -0.117. The highest BCUT2D eigenvalue weighted by Gasteiger charge is 2.43. The molecule has 1 heterocycles. The van der Waals surface area contributed by atoms with Gasteiger partial charge in [0.2, 0.25) is 0 Å². The van der Waals surface area contributed by atoms with Gasteiger partial charge in [-0.15, -0.1) is 5.92 Å². The second kappa shape index (κ2) is 9.57. The van der Waals surface area contributed by atoms with Gasteiger partial charge in [-0.1, -0.05) is 5.92 Å². The SMILES string of the molecule is CC#Cc1cc(C)c(C2=C(O)CC3(CCN(C(=O)OCCOC)CC3)CC2=O)c(C)c1. The molecule has 0 saturated carbocycles. The van der Waals surface area contributed by atoms with Crippen molar-refractivity contribution in [2.45, 2.75) is 46.5 Å². The van der Waals surface area contributed by atoms with E-state index < -0.39 is 0 Å². The summed E-state index contributed by atoms with van der Waals surface area (Å²) in [4.78, 5) is 27.1. The molecule has 0 bridgehead atoms. The number of likely N-dealkylation sites (tertiary alicyclic amines) is 1. The number of carbonyl (C=O) groups is 2. The smallest absolute Gasteiger partial charge is 0.409 e. The summed E-state index contributed by atoms with van der Waals surface area (Å²) in [5.74, 6) is 6.09. The van der Waals surface area contributed by atoms with E-state index in [2.05, 4.69) is 11.8 Å². The van der Waals surface area contributed by atoms with Gasteiger partial charge in [0.1, 0.15) is 12.4 Å². The normalized spacial score (nSPS) is 18.1. The quantitative estimate of drug-likeness (QED) is 0.579. The van der Waals surface area contributed by atoms with Crippen molar-refractivity contribution in [2.24, 2.45) is 5.41 Å². The number of aliphatic hydroxyl groups is 1. The minimum Gasteiger partial charge on any atom is -0.512 e. The van der Waals surface area contributed by atoms with E-state index >= 15 is 0 Å². The van der Waals surface area contributed by atoms with E-state index in [9.17, 15) is 14.7 Å². The van der Waals surface area contributed by atoms with Gasteiger partial charge in [-0.2, -0.15) is 0 Å². The predicted molar refractivity (Wildman–Crippen MR) is 119 cm³/mol. The third-order valence-corrected chi connectivity index (χ3v) is 6.29. The van der Waals surface area contributed by atoms with Gasteiger partial charge in [0.05, 0.1) is 12.2 Å². The fraction of sp³-hybridized carbons (Fsp3) is 0.520. The summed E-state index contributed by atoms with van der Waals surface area (Å²) in [6.07, 6.45) is 1.82. The maximum atomic E-state index is 13.2. The van der Waals surface area contributed by atoms with E-state index in [0.717, 1.165) is 22.3 Å². The number of methoxy groups -OCH3 is 1. The van der Waals surface area contributed by atoms with E-state index in [-0.39, 0.29) is 29.7 Å². The molecule has 1 aliphatic heterocycles. The largest absolute Gasteiger partial charge is 0.512 e. The summed E-state index contributed by atoms with van der Waals surface area (Å²) >= 11 is 0. The van der Waals surface area contributed by atoms with Crippen LogP contribution in [0.3, 0.4) is 0 Å². The molecule has 1 fully saturated rings. The Hall–Kier alpha value is -2.78. The zero-order valence-corrected chi connectivity index (χ0v) is 18.8. The van der Waals surface area contributed by atoms with Crippen LogP contribution < -0.4 is 0 Å². The van der Waals surface area contributed by atoms with Gasteiger partial charge in [0.15, 0.2) is 5.78 Å². The van der Waals surface area contributed by atoms with Crippen LogP contribution in [0, 0.1) is 31.1 Å². The number of amides is 1. The van der Waals surface area contributed by atoms with Crippen molar-refractivity contribution in [3.8, 4) is 11.8 Å². The van der Waals surface area contributed by atoms with Crippen LogP contribution in [0.1, 0.15) is 54.9 Å². The molecule has 0 unspecified atom stereocenters. The molecule has 0 radical (unpaired) electrons. The van der Waals surface area contributed by atoms with E-state index in [1.807, 2.05) is 26.0 Å². The number of aliphatic hydroxyl groups excluding tert-OH is 1. The molecule has 0 aromatic heterocycles. The number of piperidine rings is 1. The number of ether oxygens (including phenoxy) is 2. The van der Waals surface area contributed by atoms with Crippen molar-refractivity contribution in [2.75, 3.05) is 33.4 Å². The van der Waals surface area contributed by atoms with Gasteiger partial charge in [-0.3, -0.25) is 4.79 Å². The highest BCUT2D eigenvalue weighted by molar-refractivity contribution is 6.23. The summed E-state index contributed by atoms with van der Waals surface area (Å²) in [7, 11) is 1.56. The van der Waals surface area contributed by atoms with Crippen LogP contribution in [0.25, 0.3) is 5.57 Å². The van der Waals surface area contributed by atoms with E-state index in [0.29, 0.717) is 51.0 Å². The Kier molecular flexibility index (Phi) is 7.07. The van der Waals surface area contributed by atoms with Crippen LogP contribution in [-0.2, 0) is 14.3 Å². The highest BCUT2D eigenvalue weighted by Crippen LogP contribution is 2.47. The predicted octanol–water partition coefficient (Wildman–Crippen LogP) is 4.17. The molecule has 1 amide bonds. The number of rotatable bonds is 4. The molecule has 1 aliphatic carbocycles. The van der Waals surface area contributed by atoms with Gasteiger partial charge < -0.3 is 19.5 Å². The lowest BCUT2D eigenvalue weighted by atomic mass is 9.66. The number of hydrogen-bond acceptors (Lipinski definition) is 5. The van der Waals surface area contributed by atoms with Crippen LogP contribution in [0.5, 0.6) is 0 Å². The number of Topliss-reactive ketones (excluding diaryl/α,β-unsaturated/α-hetero) is 1. The van der Waals surface area contributed by atoms with Gasteiger partial charge in [-0.05, 0) is 67.9 Å². The van der Waals surface area contributed by atoms with Gasteiger partial charge in [-0.25, -0.2) is 4.79 Å². The van der Waals surface area contributed by atoms with Crippen LogP contribution in [0.4, 0.5) is 4.79 Å². The van der Waals surface area contributed by atoms with Crippen molar-refractivity contribution in [3.63, 3.8) is 0 Å². The number of ketones is 1. The first-order valence-electron chi connectivity index (χ1n) is 10.7. The lowest BCUT2D eigenvalue weighted by Gasteiger charge is -2.43. The molecular weight excluding hydrogens is 394 g/mol. The second-order valence-corrected chi connectivity index (χ2v) is 8.55. The summed E-state index contributed by atoms with van der Waals surface area (Å²) in [6, 6.07) is 3.93. The molecule has 0 atom stereocenters. The zero-order valence-electron chi connectivity index (χ0n) is 18.8. The average Bonchev–Trinajstić information content (AvgIpc) is 2.70. The maximum Gasteiger partial charge on any atom is 0.409 e. The molecule has 1 spiro atoms. The number of carbonyl (C=O) groups excluding carboxylic acids is 2. The van der Waals surface area contributed by atoms with E-state index in [1.165, 1.54) is 0 Å². The lowest BCUT2D eigenvalue weighted by Crippen LogP contribution is -2.45. The molecular formula is C25H31NO5. The molecule has 1 N–H and O–H groups in total. The van der Waals surface area contributed by atoms with E-state index in [1.54, 1.807) is 18.9 Å². The number of nitrogens with zero attached hydrogens (tertiary/aromatic N) is 1. The van der Waals surface area contributed by atoms with Crippen molar-refractivity contribution < 1.29 is 24.2 Å². The molecule has 3 rings (SSSR count). The molecule has 1 saturated heterocycles. The van der Waals surface area contributed by atoms with Crippen LogP contribution >= 0.6 is 0 Å². The number of allylic oxidation sites excluding steroid dienone is 2. The first-order valence-corrected chi connectivity index (χ1v) is 10.7. The summed E-state index contributed by atoms with van der Waals surface area (Å²) in [5.41, 5.74) is 3.75. The Bertz CT molecular complexity index is 935. The summed E-state index contributed by atoms with van der Waals surface area (Å²) in [6.45, 7) is 7.33. The molecule has 6 nitrogen and oxygen atoms in total. The number of aryl methyl sites for hydroxylation is 2. The van der Waals surface area contributed by atoms with Crippen LogP contribution in [-0.4, -0.2) is 55.3 Å². The van der Waals surface area contributed by atoms with Crippen molar-refractivity contribution in [3.05, 3.63) is 40.1 Å². The first kappa shape index (κ1) is 22.9. The average molecular weight is 426 g/mol. The third kappa shape index (κ3) is 4.94. The molecule has 6 heteroatoms. The summed E-state index contributed by atoms with van der Waals surface area (Å²) in [5, 5.41) is 11.0.